The Morgan fingerprint density at radius 2 is 2.29 bits per heavy atom. The highest BCUT2D eigenvalue weighted by molar-refractivity contribution is 6.00. The van der Waals surface area contributed by atoms with E-state index in [9.17, 15) is 4.39 Å². The van der Waals surface area contributed by atoms with Crippen LogP contribution in [0.3, 0.4) is 0 Å². The molecule has 0 saturated heterocycles. The molecule has 74 valence electrons. The minimum absolute atomic E-state index is 0.288. The summed E-state index contributed by atoms with van der Waals surface area (Å²) in [5.41, 5.74) is 1.83. The smallest absolute Gasteiger partial charge is 0.142 e. The van der Waals surface area contributed by atoms with Gasteiger partial charge in [-0.15, -0.1) is 0 Å². The van der Waals surface area contributed by atoms with E-state index in [4.69, 9.17) is 0 Å². The first-order valence-electron chi connectivity index (χ1n) is 4.90. The van der Waals surface area contributed by atoms with Gasteiger partial charge in [-0.25, -0.2) is 4.39 Å². The van der Waals surface area contributed by atoms with Gasteiger partial charge in [0.05, 0.1) is 6.20 Å². The lowest BCUT2D eigenvalue weighted by atomic mass is 9.97. The minimum atomic E-state index is -0.288. The van der Waals surface area contributed by atoms with E-state index in [1.807, 2.05) is 0 Å². The molecule has 2 heterocycles. The molecule has 1 unspecified atom stereocenters. The zero-order valence-electron chi connectivity index (χ0n) is 8.20. The highest BCUT2D eigenvalue weighted by Crippen LogP contribution is 2.17. The average molecular weight is 192 g/mol. The van der Waals surface area contributed by atoms with Crippen LogP contribution in [-0.4, -0.2) is 17.2 Å². The van der Waals surface area contributed by atoms with Crippen molar-refractivity contribution in [1.82, 2.24) is 4.98 Å². The number of halogens is 1. The molecular weight excluding hydrogens is 179 g/mol. The summed E-state index contributed by atoms with van der Waals surface area (Å²) in [6.45, 7) is 3.04. The molecule has 0 spiro atoms. The zero-order valence-corrected chi connectivity index (χ0v) is 8.20. The molecule has 0 amide bonds. The van der Waals surface area contributed by atoms with Crippen molar-refractivity contribution in [3.8, 4) is 0 Å². The summed E-state index contributed by atoms with van der Waals surface area (Å²) in [6, 6.07) is 1.50. The third-order valence-corrected chi connectivity index (χ3v) is 2.51. The molecule has 1 aliphatic heterocycles. The second-order valence-electron chi connectivity index (χ2n) is 3.82. The van der Waals surface area contributed by atoms with Crippen molar-refractivity contribution in [2.75, 3.05) is 6.54 Å². The molecule has 2 nitrogen and oxygen atoms in total. The lowest BCUT2D eigenvalue weighted by Gasteiger charge is -2.17. The molecule has 1 aliphatic rings. The van der Waals surface area contributed by atoms with Gasteiger partial charge in [0.1, 0.15) is 5.82 Å². The summed E-state index contributed by atoms with van der Waals surface area (Å²) in [4.78, 5) is 8.25. The first kappa shape index (κ1) is 9.31. The van der Waals surface area contributed by atoms with Gasteiger partial charge in [0, 0.05) is 24.0 Å². The molecule has 0 fully saturated rings. The summed E-state index contributed by atoms with van der Waals surface area (Å²) >= 11 is 0. The van der Waals surface area contributed by atoms with Crippen molar-refractivity contribution in [3.05, 3.63) is 29.8 Å². The van der Waals surface area contributed by atoms with Crippen LogP contribution in [0.2, 0.25) is 0 Å². The van der Waals surface area contributed by atoms with E-state index >= 15 is 0 Å². The quantitative estimate of drug-likeness (QED) is 0.671. The van der Waals surface area contributed by atoms with Crippen LogP contribution in [-0.2, 0) is 0 Å². The molecule has 1 atom stereocenters. The highest BCUT2D eigenvalue weighted by atomic mass is 19.1. The average Bonchev–Trinajstić information content (AvgIpc) is 2.19. The molecule has 3 heteroatoms. The van der Waals surface area contributed by atoms with Crippen LogP contribution in [0.25, 0.3) is 0 Å². The number of pyridine rings is 1. The minimum Gasteiger partial charge on any atom is -0.289 e. The van der Waals surface area contributed by atoms with Crippen molar-refractivity contribution in [2.24, 2.45) is 10.9 Å². The lowest BCUT2D eigenvalue weighted by Crippen LogP contribution is -2.14. The van der Waals surface area contributed by atoms with Crippen LogP contribution < -0.4 is 0 Å². The van der Waals surface area contributed by atoms with Crippen molar-refractivity contribution in [1.29, 1.82) is 0 Å². The van der Waals surface area contributed by atoms with Gasteiger partial charge < -0.3 is 0 Å². The Morgan fingerprint density at radius 1 is 1.43 bits per heavy atom. The summed E-state index contributed by atoms with van der Waals surface area (Å²) < 4.78 is 12.9. The van der Waals surface area contributed by atoms with Gasteiger partial charge in [-0.3, -0.25) is 9.98 Å². The molecule has 0 aliphatic carbocycles. The number of aliphatic imine (C=N–C) groups is 1. The Labute approximate surface area is 82.9 Å². The van der Waals surface area contributed by atoms with Gasteiger partial charge >= 0.3 is 0 Å². The van der Waals surface area contributed by atoms with E-state index in [2.05, 4.69) is 16.9 Å². The molecule has 0 saturated carbocycles. The highest BCUT2D eigenvalue weighted by Gasteiger charge is 2.13. The fourth-order valence-electron chi connectivity index (χ4n) is 1.62. The van der Waals surface area contributed by atoms with Crippen LogP contribution in [0.5, 0.6) is 0 Å². The summed E-state index contributed by atoms with van der Waals surface area (Å²) in [7, 11) is 0. The van der Waals surface area contributed by atoms with E-state index in [0.29, 0.717) is 5.92 Å². The molecule has 0 aromatic carbocycles. The number of nitrogens with zero attached hydrogens (tertiary/aromatic N) is 2. The van der Waals surface area contributed by atoms with E-state index in [1.54, 1.807) is 6.20 Å². The van der Waals surface area contributed by atoms with E-state index in [1.165, 1.54) is 12.3 Å². The third kappa shape index (κ3) is 1.97. The second-order valence-corrected chi connectivity index (χ2v) is 3.82. The molecule has 2 rings (SSSR count). The fraction of sp³-hybridized carbons (Fsp3) is 0.455. The van der Waals surface area contributed by atoms with Crippen LogP contribution in [0, 0.1) is 11.7 Å². The molecule has 14 heavy (non-hydrogen) atoms. The first-order chi connectivity index (χ1) is 6.75. The predicted octanol–water partition coefficient (Wildman–Crippen LogP) is 2.44. The first-order valence-corrected chi connectivity index (χ1v) is 4.90. The number of hydrogen-bond donors (Lipinski definition) is 0. The third-order valence-electron chi connectivity index (χ3n) is 2.51. The fourth-order valence-corrected chi connectivity index (χ4v) is 1.62. The van der Waals surface area contributed by atoms with Crippen molar-refractivity contribution in [2.45, 2.75) is 19.8 Å². The standard InChI is InChI=1S/C11H13FN2/c1-8-2-3-11(14-5-8)9-4-10(12)7-13-6-9/h4,6-8H,2-3,5H2,1H3. The second kappa shape index (κ2) is 3.86. The maximum Gasteiger partial charge on any atom is 0.142 e. The van der Waals surface area contributed by atoms with Crippen LogP contribution >= 0.6 is 0 Å². The maximum atomic E-state index is 12.9. The van der Waals surface area contributed by atoms with Gasteiger partial charge in [-0.2, -0.15) is 0 Å². The van der Waals surface area contributed by atoms with Gasteiger partial charge in [-0.05, 0) is 24.8 Å². The van der Waals surface area contributed by atoms with Crippen LogP contribution in [0.4, 0.5) is 4.39 Å². The number of hydrogen-bond acceptors (Lipinski definition) is 2. The van der Waals surface area contributed by atoms with E-state index < -0.39 is 0 Å². The topological polar surface area (TPSA) is 25.2 Å². The molecule has 0 N–H and O–H groups in total. The van der Waals surface area contributed by atoms with Gasteiger partial charge in [0.2, 0.25) is 0 Å². The van der Waals surface area contributed by atoms with Crippen molar-refractivity contribution in [3.63, 3.8) is 0 Å². The molecule has 1 aromatic heterocycles. The molecule has 0 bridgehead atoms. The largest absolute Gasteiger partial charge is 0.289 e. The number of rotatable bonds is 1. The Hall–Kier alpha value is -1.25. The monoisotopic (exact) mass is 192 g/mol. The van der Waals surface area contributed by atoms with E-state index in [0.717, 1.165) is 30.7 Å². The van der Waals surface area contributed by atoms with Crippen molar-refractivity contribution < 1.29 is 4.39 Å². The Balaban J connectivity index is 2.23. The lowest BCUT2D eigenvalue weighted by molar-refractivity contribution is 0.538. The Bertz CT molecular complexity index is 360. The van der Waals surface area contributed by atoms with E-state index in [-0.39, 0.29) is 5.82 Å². The summed E-state index contributed by atoms with van der Waals surface area (Å²) in [5, 5.41) is 0. The van der Waals surface area contributed by atoms with Gasteiger partial charge in [0.15, 0.2) is 0 Å². The molecular formula is C11H13FN2. The summed E-state index contributed by atoms with van der Waals surface area (Å²) in [6.07, 6.45) is 4.97. The normalized spacial score (nSPS) is 21.9. The zero-order chi connectivity index (χ0) is 9.97. The SMILES string of the molecule is CC1CCC(c2cncc(F)c2)=NC1. The predicted molar refractivity (Wildman–Crippen MR) is 54.0 cm³/mol. The molecule has 0 radical (unpaired) electrons. The van der Waals surface area contributed by atoms with Gasteiger partial charge in [-0.1, -0.05) is 6.92 Å². The summed E-state index contributed by atoms with van der Waals surface area (Å²) in [5.74, 6) is 0.365. The molecule has 1 aromatic rings. The van der Waals surface area contributed by atoms with Crippen molar-refractivity contribution >= 4 is 5.71 Å². The number of aromatic nitrogens is 1. The van der Waals surface area contributed by atoms with Gasteiger partial charge in [0.25, 0.3) is 0 Å². The van der Waals surface area contributed by atoms with Crippen LogP contribution in [0.15, 0.2) is 23.5 Å². The van der Waals surface area contributed by atoms with Crippen LogP contribution in [0.1, 0.15) is 25.3 Å². The maximum absolute atomic E-state index is 12.9. The Kier molecular flexibility index (Phi) is 2.57. The Morgan fingerprint density at radius 3 is 2.93 bits per heavy atom.